The zero-order valence-corrected chi connectivity index (χ0v) is 14.9. The summed E-state index contributed by atoms with van der Waals surface area (Å²) in [4.78, 5) is 39.2. The number of ether oxygens (including phenoxy) is 2. The predicted octanol–water partition coefficient (Wildman–Crippen LogP) is 1.60. The van der Waals surface area contributed by atoms with Crippen LogP contribution in [-0.2, 0) is 19.1 Å². The maximum Gasteiger partial charge on any atom is 0.305 e. The Morgan fingerprint density at radius 3 is 2.64 bits per heavy atom. The molecule has 136 valence electrons. The molecule has 0 N–H and O–H groups in total. The number of anilines is 1. The van der Waals surface area contributed by atoms with Gasteiger partial charge in [-0.1, -0.05) is 6.07 Å². The molecule has 1 fully saturated rings. The van der Waals surface area contributed by atoms with Crippen LogP contribution in [0.15, 0.2) is 24.3 Å². The highest BCUT2D eigenvalue weighted by Gasteiger charge is 2.33. The Balaban J connectivity index is 1.98. The molecule has 1 aromatic rings. The van der Waals surface area contributed by atoms with E-state index in [1.54, 1.807) is 16.9 Å². The van der Waals surface area contributed by atoms with E-state index in [4.69, 9.17) is 4.74 Å². The van der Waals surface area contributed by atoms with Gasteiger partial charge in [0, 0.05) is 31.1 Å². The molecule has 0 radical (unpaired) electrons. The van der Waals surface area contributed by atoms with Crippen LogP contribution in [0.2, 0.25) is 0 Å². The summed E-state index contributed by atoms with van der Waals surface area (Å²) in [5.74, 6) is 0.0987. The summed E-state index contributed by atoms with van der Waals surface area (Å²) in [5, 5.41) is 0. The molecule has 1 heterocycles. The number of carbonyl (C=O) groups excluding carboxylic acids is 3. The molecule has 1 aliphatic heterocycles. The largest absolute Gasteiger partial charge is 0.497 e. The van der Waals surface area contributed by atoms with Gasteiger partial charge in [-0.2, -0.15) is 0 Å². The number of hydrogen-bond acceptors (Lipinski definition) is 5. The van der Waals surface area contributed by atoms with Gasteiger partial charge in [0.2, 0.25) is 11.8 Å². The molecule has 0 saturated carbocycles. The van der Waals surface area contributed by atoms with E-state index in [1.165, 1.54) is 7.11 Å². The van der Waals surface area contributed by atoms with Crippen molar-refractivity contribution in [2.75, 3.05) is 32.2 Å². The monoisotopic (exact) mass is 348 g/mol. The zero-order chi connectivity index (χ0) is 18.4. The van der Waals surface area contributed by atoms with Crippen LogP contribution < -0.4 is 9.64 Å². The molecule has 0 spiro atoms. The predicted molar refractivity (Wildman–Crippen MR) is 92.4 cm³/mol. The highest BCUT2D eigenvalue weighted by Crippen LogP contribution is 2.25. The van der Waals surface area contributed by atoms with Gasteiger partial charge in [-0.15, -0.1) is 0 Å². The smallest absolute Gasteiger partial charge is 0.305 e. The van der Waals surface area contributed by atoms with E-state index >= 15 is 0 Å². The summed E-state index contributed by atoms with van der Waals surface area (Å²) in [6.07, 6.45) is 0.855. The lowest BCUT2D eigenvalue weighted by molar-refractivity contribution is -0.141. The van der Waals surface area contributed by atoms with Crippen molar-refractivity contribution in [3.63, 3.8) is 0 Å². The second-order valence-electron chi connectivity index (χ2n) is 6.02. The van der Waals surface area contributed by atoms with E-state index < -0.39 is 0 Å². The van der Waals surface area contributed by atoms with E-state index in [0.717, 1.165) is 5.69 Å². The Kier molecular flexibility index (Phi) is 6.38. The maximum atomic E-state index is 12.6. The Bertz CT molecular complexity index is 646. The topological polar surface area (TPSA) is 76.2 Å². The molecule has 0 bridgehead atoms. The summed E-state index contributed by atoms with van der Waals surface area (Å²) in [5.41, 5.74) is 0.759. The van der Waals surface area contributed by atoms with Gasteiger partial charge in [-0.25, -0.2) is 0 Å². The first-order valence-electron chi connectivity index (χ1n) is 8.27. The van der Waals surface area contributed by atoms with Crippen molar-refractivity contribution in [1.82, 2.24) is 4.90 Å². The van der Waals surface area contributed by atoms with E-state index in [0.29, 0.717) is 18.7 Å². The van der Waals surface area contributed by atoms with Crippen LogP contribution in [0.1, 0.15) is 26.2 Å². The third-order valence-electron chi connectivity index (χ3n) is 4.20. The SMILES string of the molecule is COC(=O)CCCC(=O)N1CC(=O)N(c2cccc(OC)c2)[C@H](C)C1. The lowest BCUT2D eigenvalue weighted by Crippen LogP contribution is -2.57. The van der Waals surface area contributed by atoms with Crippen molar-refractivity contribution in [2.24, 2.45) is 0 Å². The van der Waals surface area contributed by atoms with Crippen LogP contribution in [0.25, 0.3) is 0 Å². The van der Waals surface area contributed by atoms with Gasteiger partial charge in [-0.3, -0.25) is 14.4 Å². The first-order chi connectivity index (χ1) is 12.0. The van der Waals surface area contributed by atoms with Crippen molar-refractivity contribution >= 4 is 23.5 Å². The molecule has 0 aromatic heterocycles. The van der Waals surface area contributed by atoms with Gasteiger partial charge < -0.3 is 19.3 Å². The number of benzene rings is 1. The molecule has 7 heteroatoms. The summed E-state index contributed by atoms with van der Waals surface area (Å²) in [6, 6.07) is 7.17. The average molecular weight is 348 g/mol. The summed E-state index contributed by atoms with van der Waals surface area (Å²) in [7, 11) is 2.90. The van der Waals surface area contributed by atoms with Crippen LogP contribution in [0.5, 0.6) is 5.75 Å². The maximum absolute atomic E-state index is 12.6. The molecule has 1 aliphatic rings. The molecule has 25 heavy (non-hydrogen) atoms. The highest BCUT2D eigenvalue weighted by molar-refractivity contribution is 5.98. The number of carbonyl (C=O) groups is 3. The normalized spacial score (nSPS) is 17.4. The average Bonchev–Trinajstić information content (AvgIpc) is 2.60. The van der Waals surface area contributed by atoms with E-state index in [1.807, 2.05) is 31.2 Å². The van der Waals surface area contributed by atoms with Crippen molar-refractivity contribution in [3.05, 3.63) is 24.3 Å². The summed E-state index contributed by atoms with van der Waals surface area (Å²) >= 11 is 0. The van der Waals surface area contributed by atoms with Crippen molar-refractivity contribution in [1.29, 1.82) is 0 Å². The van der Waals surface area contributed by atoms with Crippen molar-refractivity contribution in [2.45, 2.75) is 32.2 Å². The minimum Gasteiger partial charge on any atom is -0.497 e. The van der Waals surface area contributed by atoms with Crippen molar-refractivity contribution < 1.29 is 23.9 Å². The quantitative estimate of drug-likeness (QED) is 0.730. The van der Waals surface area contributed by atoms with Crippen LogP contribution in [0.3, 0.4) is 0 Å². The lowest BCUT2D eigenvalue weighted by Gasteiger charge is -2.39. The molecular formula is C18H24N2O5. The number of rotatable bonds is 6. The Morgan fingerprint density at radius 1 is 1.24 bits per heavy atom. The van der Waals surface area contributed by atoms with E-state index in [2.05, 4.69) is 4.74 Å². The third-order valence-corrected chi connectivity index (χ3v) is 4.20. The second kappa shape index (κ2) is 8.50. The fourth-order valence-electron chi connectivity index (χ4n) is 2.94. The standard InChI is InChI=1S/C18H24N2O5/c1-13-11-19(16(21)8-5-9-18(23)25-3)12-17(22)20(13)14-6-4-7-15(10-14)24-2/h4,6-7,10,13H,5,8-9,11-12H2,1-3H3/t13-/m1/s1. The molecule has 7 nitrogen and oxygen atoms in total. The Morgan fingerprint density at radius 2 is 2.00 bits per heavy atom. The van der Waals surface area contributed by atoms with Gasteiger partial charge in [0.25, 0.3) is 0 Å². The fourth-order valence-corrected chi connectivity index (χ4v) is 2.94. The molecule has 0 unspecified atom stereocenters. The Hall–Kier alpha value is -2.57. The second-order valence-corrected chi connectivity index (χ2v) is 6.02. The van der Waals surface area contributed by atoms with Crippen molar-refractivity contribution in [3.8, 4) is 5.75 Å². The summed E-state index contributed by atoms with van der Waals surface area (Å²) < 4.78 is 9.77. The zero-order valence-electron chi connectivity index (χ0n) is 14.9. The number of piperazine rings is 1. The molecule has 1 atom stereocenters. The fraction of sp³-hybridized carbons (Fsp3) is 0.500. The van der Waals surface area contributed by atoms with E-state index in [-0.39, 0.29) is 43.2 Å². The number of amides is 2. The van der Waals surface area contributed by atoms with Gasteiger partial charge in [0.15, 0.2) is 0 Å². The molecule has 0 aliphatic carbocycles. The van der Waals surface area contributed by atoms with Gasteiger partial charge in [0.1, 0.15) is 12.3 Å². The first-order valence-corrected chi connectivity index (χ1v) is 8.27. The van der Waals surface area contributed by atoms with Gasteiger partial charge in [-0.05, 0) is 25.5 Å². The highest BCUT2D eigenvalue weighted by atomic mass is 16.5. The molecule has 2 rings (SSSR count). The number of methoxy groups -OCH3 is 2. The third kappa shape index (κ3) is 4.71. The number of nitrogens with zero attached hydrogens (tertiary/aromatic N) is 2. The minimum atomic E-state index is -0.333. The van der Waals surface area contributed by atoms with Crippen LogP contribution in [0, 0.1) is 0 Å². The molecule has 1 saturated heterocycles. The summed E-state index contributed by atoms with van der Waals surface area (Å²) in [6.45, 7) is 2.41. The Labute approximate surface area is 147 Å². The molecule has 2 amide bonds. The molecular weight excluding hydrogens is 324 g/mol. The molecule has 1 aromatic carbocycles. The number of esters is 1. The lowest BCUT2D eigenvalue weighted by atomic mass is 10.1. The van der Waals surface area contributed by atoms with Crippen LogP contribution >= 0.6 is 0 Å². The van der Waals surface area contributed by atoms with Crippen LogP contribution in [0.4, 0.5) is 5.69 Å². The van der Waals surface area contributed by atoms with Gasteiger partial charge in [0.05, 0.1) is 20.3 Å². The minimum absolute atomic E-state index is 0.0403. The first kappa shape index (κ1) is 18.8. The number of hydrogen-bond donors (Lipinski definition) is 0. The van der Waals surface area contributed by atoms with Gasteiger partial charge >= 0.3 is 5.97 Å². The van der Waals surface area contributed by atoms with E-state index in [9.17, 15) is 14.4 Å². The van der Waals surface area contributed by atoms with Crippen LogP contribution in [-0.4, -0.2) is 56.0 Å².